The molecule has 52 heavy (non-hydrogen) atoms. The first kappa shape index (κ1) is 33.1. The number of nitrogens with zero attached hydrogens (tertiary/aromatic N) is 2. The second-order valence-electron chi connectivity index (χ2n) is 13.1. The van der Waals surface area contributed by atoms with Crippen LogP contribution < -0.4 is 27.4 Å². The van der Waals surface area contributed by atoms with Crippen LogP contribution in [0.4, 0.5) is 34.1 Å². The van der Waals surface area contributed by atoms with Crippen LogP contribution in [0.2, 0.25) is 0 Å². The van der Waals surface area contributed by atoms with Crippen molar-refractivity contribution in [2.75, 3.05) is 9.80 Å². The molecule has 0 spiro atoms. The predicted octanol–water partition coefficient (Wildman–Crippen LogP) is 10.3. The van der Waals surface area contributed by atoms with Gasteiger partial charge in [0.15, 0.2) is 0 Å². The maximum atomic E-state index is 2.39. The average Bonchev–Trinajstić information content (AvgIpc) is 3.22. The monoisotopic (exact) mass is 730 g/mol. The van der Waals surface area contributed by atoms with Gasteiger partial charge in [0.25, 0.3) is 0 Å². The van der Waals surface area contributed by atoms with Crippen LogP contribution in [0, 0.1) is 6.92 Å². The molecule has 0 aliphatic carbocycles. The number of aryl methyl sites for hydroxylation is 1. The van der Waals surface area contributed by atoms with Crippen molar-refractivity contribution in [2.24, 2.45) is 0 Å². The standard InChI is InChI=1S/C49H40GeN2/c1-39-27-31-46(32-28-39)52(49-37-35-48(36-38-49)51(44-23-13-5-14-24-44)45-25-15-6-16-26-45)47-33-29-43(30-34-47)50(40-17-7-2-8-18-40,41-19-9-3-10-20-41)42-21-11-4-12-22-42/h2-38H,1H3. The number of para-hydroxylation sites is 2. The molecule has 0 saturated carbocycles. The van der Waals surface area contributed by atoms with Crippen molar-refractivity contribution < 1.29 is 0 Å². The normalized spacial score (nSPS) is 11.2. The molecule has 8 rings (SSSR count). The van der Waals surface area contributed by atoms with Crippen molar-refractivity contribution in [1.29, 1.82) is 0 Å². The van der Waals surface area contributed by atoms with E-state index < -0.39 is 13.3 Å². The van der Waals surface area contributed by atoms with Gasteiger partial charge in [-0.2, -0.15) is 0 Å². The molecule has 250 valence electrons. The van der Waals surface area contributed by atoms with Crippen LogP contribution in [-0.4, -0.2) is 13.3 Å². The zero-order valence-electron chi connectivity index (χ0n) is 29.3. The molecular weight excluding hydrogens is 689 g/mol. The van der Waals surface area contributed by atoms with Gasteiger partial charge in [-0.3, -0.25) is 0 Å². The van der Waals surface area contributed by atoms with Gasteiger partial charge in [0.2, 0.25) is 0 Å². The van der Waals surface area contributed by atoms with E-state index in [0.29, 0.717) is 0 Å². The van der Waals surface area contributed by atoms with Crippen LogP contribution in [0.5, 0.6) is 0 Å². The minimum absolute atomic E-state index is 1.10. The molecule has 0 bridgehead atoms. The fourth-order valence-electron chi connectivity index (χ4n) is 7.42. The van der Waals surface area contributed by atoms with E-state index in [1.54, 1.807) is 0 Å². The first-order valence-electron chi connectivity index (χ1n) is 17.9. The van der Waals surface area contributed by atoms with Crippen LogP contribution in [0.3, 0.4) is 0 Å². The van der Waals surface area contributed by atoms with Crippen LogP contribution in [0.15, 0.2) is 224 Å². The molecule has 8 aromatic rings. The van der Waals surface area contributed by atoms with Gasteiger partial charge in [-0.15, -0.1) is 0 Å². The molecule has 0 aliphatic heterocycles. The second kappa shape index (κ2) is 15.0. The number of rotatable bonds is 10. The quantitative estimate of drug-likeness (QED) is 0.129. The third-order valence-corrected chi connectivity index (χ3v) is 19.9. The Kier molecular flexibility index (Phi) is 9.55. The molecule has 0 N–H and O–H groups in total. The Morgan fingerprint density at radius 3 is 0.808 bits per heavy atom. The van der Waals surface area contributed by atoms with Gasteiger partial charge in [0, 0.05) is 0 Å². The summed E-state index contributed by atoms with van der Waals surface area (Å²) < 4.78 is 5.65. The van der Waals surface area contributed by atoms with E-state index >= 15 is 0 Å². The Hall–Kier alpha value is -6.10. The summed E-state index contributed by atoms with van der Waals surface area (Å²) in [5, 5.41) is 0. The van der Waals surface area contributed by atoms with Gasteiger partial charge in [-0.1, -0.05) is 36.4 Å². The molecule has 0 heterocycles. The molecule has 2 nitrogen and oxygen atoms in total. The molecule has 0 unspecified atom stereocenters. The summed E-state index contributed by atoms with van der Waals surface area (Å²) in [5.41, 5.74) is 7.93. The van der Waals surface area contributed by atoms with Gasteiger partial charge >= 0.3 is 275 Å². The molecule has 0 fully saturated rings. The Morgan fingerprint density at radius 1 is 0.250 bits per heavy atom. The van der Waals surface area contributed by atoms with Gasteiger partial charge in [-0.25, -0.2) is 0 Å². The molecule has 8 aromatic carbocycles. The zero-order chi connectivity index (χ0) is 35.2. The van der Waals surface area contributed by atoms with E-state index in [2.05, 4.69) is 241 Å². The van der Waals surface area contributed by atoms with Crippen molar-refractivity contribution in [3.05, 3.63) is 230 Å². The SMILES string of the molecule is Cc1ccc(N(c2ccc(N(c3ccccc3)c3ccccc3)cc2)c2cc[c]([Ge]([c]3ccccc3)([c]3ccccc3)[c]3ccccc3)cc2)cc1. The number of hydrogen-bond donors (Lipinski definition) is 0. The van der Waals surface area contributed by atoms with Crippen LogP contribution in [0.1, 0.15) is 5.56 Å². The van der Waals surface area contributed by atoms with Gasteiger partial charge in [-0.05, 0) is 0 Å². The number of hydrogen-bond acceptors (Lipinski definition) is 2. The first-order valence-corrected chi connectivity index (χ1v) is 22.1. The molecular formula is C49H40GeN2. The van der Waals surface area contributed by atoms with E-state index in [9.17, 15) is 0 Å². The Bertz CT molecular complexity index is 2170. The summed E-state index contributed by atoms with van der Waals surface area (Å²) in [5.74, 6) is 0. The summed E-state index contributed by atoms with van der Waals surface area (Å²) in [7, 11) is 0. The Labute approximate surface area is 310 Å². The molecule has 3 heteroatoms. The van der Waals surface area contributed by atoms with Crippen molar-refractivity contribution in [3.63, 3.8) is 0 Å². The van der Waals surface area contributed by atoms with Crippen LogP contribution in [0.25, 0.3) is 0 Å². The Morgan fingerprint density at radius 2 is 0.481 bits per heavy atom. The topological polar surface area (TPSA) is 6.48 Å². The van der Waals surface area contributed by atoms with E-state index in [-0.39, 0.29) is 0 Å². The summed E-state index contributed by atoms with van der Waals surface area (Å²) in [6.45, 7) is 2.14. The zero-order valence-corrected chi connectivity index (χ0v) is 31.4. The molecule has 0 atom stereocenters. The van der Waals surface area contributed by atoms with Crippen molar-refractivity contribution >= 4 is 65.0 Å². The van der Waals surface area contributed by atoms with Crippen LogP contribution in [-0.2, 0) is 0 Å². The maximum absolute atomic E-state index is 3.38. The Balaban J connectivity index is 1.25. The molecule has 0 amide bonds. The predicted molar refractivity (Wildman–Crippen MR) is 224 cm³/mol. The minimum atomic E-state index is -3.38. The average molecular weight is 729 g/mol. The van der Waals surface area contributed by atoms with Crippen molar-refractivity contribution in [1.82, 2.24) is 0 Å². The van der Waals surface area contributed by atoms with Crippen molar-refractivity contribution in [3.8, 4) is 0 Å². The summed E-state index contributed by atoms with van der Waals surface area (Å²) in [4.78, 5) is 4.67. The fourth-order valence-corrected chi connectivity index (χ4v) is 17.4. The fraction of sp³-hybridized carbons (Fsp3) is 0.0204. The van der Waals surface area contributed by atoms with Gasteiger partial charge in [0.05, 0.1) is 0 Å². The third kappa shape index (κ3) is 6.45. The number of anilines is 6. The van der Waals surface area contributed by atoms with E-state index in [0.717, 1.165) is 34.1 Å². The van der Waals surface area contributed by atoms with E-state index in [1.165, 1.54) is 23.1 Å². The summed E-state index contributed by atoms with van der Waals surface area (Å²) in [6.07, 6.45) is 0. The molecule has 0 radical (unpaired) electrons. The molecule has 0 aliphatic rings. The number of benzene rings is 8. The van der Waals surface area contributed by atoms with Crippen LogP contribution >= 0.6 is 0 Å². The summed E-state index contributed by atoms with van der Waals surface area (Å²) >= 11 is -3.38. The van der Waals surface area contributed by atoms with Gasteiger partial charge in [0.1, 0.15) is 0 Å². The van der Waals surface area contributed by atoms with E-state index in [4.69, 9.17) is 0 Å². The first-order chi connectivity index (χ1) is 25.7. The summed E-state index contributed by atoms with van der Waals surface area (Å²) in [6, 6.07) is 81.8. The molecule has 0 saturated heterocycles. The van der Waals surface area contributed by atoms with Crippen molar-refractivity contribution in [2.45, 2.75) is 6.92 Å². The van der Waals surface area contributed by atoms with Gasteiger partial charge < -0.3 is 0 Å². The van der Waals surface area contributed by atoms with E-state index in [1.807, 2.05) is 0 Å². The molecule has 0 aromatic heterocycles. The second-order valence-corrected chi connectivity index (χ2v) is 21.1. The third-order valence-electron chi connectivity index (χ3n) is 9.87.